The number of ether oxygens (including phenoxy) is 2. The van der Waals surface area contributed by atoms with Crippen LogP contribution in [0.25, 0.3) is 0 Å². The Balaban J connectivity index is 1.78. The van der Waals surface area contributed by atoms with Gasteiger partial charge in [-0.15, -0.1) is 0 Å². The van der Waals surface area contributed by atoms with Crippen LogP contribution in [-0.2, 0) is 0 Å². The normalized spacial score (nSPS) is 15.5. The van der Waals surface area contributed by atoms with Gasteiger partial charge in [0.15, 0.2) is 11.5 Å². The van der Waals surface area contributed by atoms with Crippen LogP contribution in [0, 0.1) is 0 Å². The van der Waals surface area contributed by atoms with Crippen LogP contribution in [0.1, 0.15) is 33.9 Å². The van der Waals surface area contributed by atoms with Gasteiger partial charge in [0.25, 0.3) is 5.91 Å². The minimum absolute atomic E-state index is 0.0585. The van der Waals surface area contributed by atoms with Crippen LogP contribution in [0.15, 0.2) is 71.8 Å². The van der Waals surface area contributed by atoms with Crippen molar-refractivity contribution in [1.82, 2.24) is 5.01 Å². The standard InChI is InChI=1S/C24H21ClN2O4/c1-30-22-11-8-16(12-23(22)31-2)20-14-19(18-13-17(25)9-10-21(18)28)26-27(20)24(29)15-6-4-3-5-7-15/h3-13,20,28H,14H2,1-2H3/t20-/m1/s1. The average molecular weight is 437 g/mol. The number of halogens is 1. The summed E-state index contributed by atoms with van der Waals surface area (Å²) >= 11 is 6.14. The van der Waals surface area contributed by atoms with Gasteiger partial charge < -0.3 is 14.6 Å². The summed E-state index contributed by atoms with van der Waals surface area (Å²) < 4.78 is 10.8. The number of nitrogens with zero attached hydrogens (tertiary/aromatic N) is 2. The van der Waals surface area contributed by atoms with Gasteiger partial charge in [-0.05, 0) is 48.0 Å². The van der Waals surface area contributed by atoms with Gasteiger partial charge in [-0.3, -0.25) is 4.79 Å². The topological polar surface area (TPSA) is 71.4 Å². The number of phenolic OH excluding ortho intramolecular Hbond substituents is 1. The maximum Gasteiger partial charge on any atom is 0.274 e. The largest absolute Gasteiger partial charge is 0.507 e. The number of benzene rings is 3. The number of aromatic hydroxyl groups is 1. The molecule has 3 aromatic rings. The Morgan fingerprint density at radius 1 is 1.03 bits per heavy atom. The summed E-state index contributed by atoms with van der Waals surface area (Å²) in [5, 5.41) is 16.9. The van der Waals surface area contributed by atoms with Crippen molar-refractivity contribution in [1.29, 1.82) is 0 Å². The summed E-state index contributed by atoms with van der Waals surface area (Å²) in [5.41, 5.74) is 2.43. The first-order valence-corrected chi connectivity index (χ1v) is 10.1. The van der Waals surface area contributed by atoms with Crippen LogP contribution in [0.5, 0.6) is 17.2 Å². The Hall–Kier alpha value is -3.51. The Labute approximate surface area is 185 Å². The summed E-state index contributed by atoms with van der Waals surface area (Å²) in [6.07, 6.45) is 0.405. The molecule has 0 saturated heterocycles. The maximum absolute atomic E-state index is 13.3. The molecule has 1 atom stereocenters. The number of rotatable bonds is 5. The second-order valence-electron chi connectivity index (χ2n) is 7.06. The quantitative estimate of drug-likeness (QED) is 0.607. The van der Waals surface area contributed by atoms with E-state index in [1.165, 1.54) is 11.1 Å². The molecule has 6 nitrogen and oxygen atoms in total. The van der Waals surface area contributed by atoms with Crippen molar-refractivity contribution >= 4 is 23.2 Å². The zero-order valence-corrected chi connectivity index (χ0v) is 17.8. The van der Waals surface area contributed by atoms with Crippen LogP contribution < -0.4 is 9.47 Å². The van der Waals surface area contributed by atoms with Gasteiger partial charge in [0.2, 0.25) is 0 Å². The molecule has 3 aromatic carbocycles. The molecule has 0 spiro atoms. The van der Waals surface area contributed by atoms with Crippen molar-refractivity contribution in [2.45, 2.75) is 12.5 Å². The highest BCUT2D eigenvalue weighted by Gasteiger charge is 2.35. The molecule has 7 heteroatoms. The van der Waals surface area contributed by atoms with E-state index in [1.54, 1.807) is 44.6 Å². The van der Waals surface area contributed by atoms with Gasteiger partial charge in [-0.25, -0.2) is 5.01 Å². The molecule has 0 saturated carbocycles. The number of phenols is 1. The van der Waals surface area contributed by atoms with Crippen LogP contribution in [0.3, 0.4) is 0 Å². The number of hydrogen-bond acceptors (Lipinski definition) is 5. The Morgan fingerprint density at radius 3 is 2.48 bits per heavy atom. The lowest BCUT2D eigenvalue weighted by Gasteiger charge is -2.23. The zero-order chi connectivity index (χ0) is 22.0. The molecule has 31 heavy (non-hydrogen) atoms. The average Bonchev–Trinajstić information content (AvgIpc) is 3.25. The third-order valence-electron chi connectivity index (χ3n) is 5.20. The molecule has 1 aliphatic rings. The van der Waals surface area contributed by atoms with Gasteiger partial charge in [-0.1, -0.05) is 35.9 Å². The van der Waals surface area contributed by atoms with Gasteiger partial charge >= 0.3 is 0 Å². The number of carbonyl (C=O) groups excluding carboxylic acids is 1. The molecule has 0 fully saturated rings. The summed E-state index contributed by atoms with van der Waals surface area (Å²) in [7, 11) is 3.14. The molecule has 0 aliphatic carbocycles. The minimum atomic E-state index is -0.388. The lowest BCUT2D eigenvalue weighted by atomic mass is 9.97. The summed E-state index contributed by atoms with van der Waals surface area (Å²) in [4.78, 5) is 13.3. The van der Waals surface area contributed by atoms with E-state index >= 15 is 0 Å². The molecular weight excluding hydrogens is 416 g/mol. The van der Waals surface area contributed by atoms with E-state index in [4.69, 9.17) is 21.1 Å². The van der Waals surface area contributed by atoms with Gasteiger partial charge in [0.05, 0.1) is 26.0 Å². The number of amides is 1. The molecule has 1 amide bonds. The van der Waals surface area contributed by atoms with Crippen LogP contribution in [0.4, 0.5) is 0 Å². The first-order valence-electron chi connectivity index (χ1n) is 9.68. The van der Waals surface area contributed by atoms with E-state index in [0.717, 1.165) is 5.56 Å². The highest BCUT2D eigenvalue weighted by Crippen LogP contribution is 2.39. The number of hydrogen-bond donors (Lipinski definition) is 1. The van der Waals surface area contributed by atoms with Crippen LogP contribution in [0.2, 0.25) is 5.02 Å². The molecule has 158 valence electrons. The van der Waals surface area contributed by atoms with E-state index in [0.29, 0.717) is 39.8 Å². The summed E-state index contributed by atoms with van der Waals surface area (Å²) in [5.74, 6) is 0.977. The van der Waals surface area contributed by atoms with E-state index in [1.807, 2.05) is 30.3 Å². The molecule has 0 radical (unpaired) electrons. The second-order valence-corrected chi connectivity index (χ2v) is 7.49. The van der Waals surface area contributed by atoms with E-state index in [-0.39, 0.29) is 17.7 Å². The first kappa shape index (κ1) is 20.8. The van der Waals surface area contributed by atoms with E-state index < -0.39 is 0 Å². The smallest absolute Gasteiger partial charge is 0.274 e. The fourth-order valence-electron chi connectivity index (χ4n) is 3.63. The fourth-order valence-corrected chi connectivity index (χ4v) is 3.80. The van der Waals surface area contributed by atoms with Crippen molar-refractivity contribution in [2.75, 3.05) is 14.2 Å². The lowest BCUT2D eigenvalue weighted by Crippen LogP contribution is -2.27. The third kappa shape index (κ3) is 4.07. The molecule has 0 unspecified atom stereocenters. The number of methoxy groups -OCH3 is 2. The van der Waals surface area contributed by atoms with Gasteiger partial charge in [-0.2, -0.15) is 5.10 Å². The Bertz CT molecular complexity index is 1150. The van der Waals surface area contributed by atoms with Crippen LogP contribution >= 0.6 is 11.6 Å². The molecule has 0 aromatic heterocycles. The Morgan fingerprint density at radius 2 is 1.77 bits per heavy atom. The maximum atomic E-state index is 13.3. The number of hydrazone groups is 1. The second kappa shape index (κ2) is 8.70. The summed E-state index contributed by atoms with van der Waals surface area (Å²) in [6.45, 7) is 0. The third-order valence-corrected chi connectivity index (χ3v) is 5.44. The van der Waals surface area contributed by atoms with Crippen molar-refractivity contribution in [3.8, 4) is 17.2 Å². The predicted octanol–water partition coefficient (Wildman–Crippen LogP) is 5.05. The molecule has 1 N–H and O–H groups in total. The van der Waals surface area contributed by atoms with Crippen molar-refractivity contribution in [2.24, 2.45) is 5.10 Å². The summed E-state index contributed by atoms with van der Waals surface area (Å²) in [6, 6.07) is 18.9. The van der Waals surface area contributed by atoms with E-state index in [9.17, 15) is 9.90 Å². The predicted molar refractivity (Wildman–Crippen MR) is 119 cm³/mol. The number of carbonyl (C=O) groups is 1. The van der Waals surface area contributed by atoms with Crippen LogP contribution in [-0.4, -0.2) is 36.0 Å². The molecule has 4 rings (SSSR count). The Kier molecular flexibility index (Phi) is 5.82. The molecule has 1 heterocycles. The SMILES string of the molecule is COc1ccc([C@H]2CC(c3cc(Cl)ccc3O)=NN2C(=O)c2ccccc2)cc1OC. The van der Waals surface area contributed by atoms with Crippen molar-refractivity contribution in [3.05, 3.63) is 88.4 Å². The lowest BCUT2D eigenvalue weighted by molar-refractivity contribution is 0.0711. The monoisotopic (exact) mass is 436 g/mol. The fraction of sp³-hybridized carbons (Fsp3) is 0.167. The first-order chi connectivity index (χ1) is 15.0. The highest BCUT2D eigenvalue weighted by atomic mass is 35.5. The van der Waals surface area contributed by atoms with Crippen molar-refractivity contribution < 1.29 is 19.4 Å². The van der Waals surface area contributed by atoms with Crippen molar-refractivity contribution in [3.63, 3.8) is 0 Å². The minimum Gasteiger partial charge on any atom is -0.507 e. The van der Waals surface area contributed by atoms with E-state index in [2.05, 4.69) is 5.10 Å². The molecule has 1 aliphatic heterocycles. The molecular formula is C24H21ClN2O4. The zero-order valence-electron chi connectivity index (χ0n) is 17.1. The highest BCUT2D eigenvalue weighted by molar-refractivity contribution is 6.31. The van der Waals surface area contributed by atoms with Gasteiger partial charge in [0, 0.05) is 22.6 Å². The molecule has 0 bridgehead atoms. The van der Waals surface area contributed by atoms with Gasteiger partial charge in [0.1, 0.15) is 5.75 Å².